The lowest BCUT2D eigenvalue weighted by molar-refractivity contribution is -0.123. The van der Waals surface area contributed by atoms with Crippen molar-refractivity contribution >= 4 is 61.0 Å². The largest absolute Gasteiger partial charge is 0.496 e. The number of thiocarbonyl (C=S) groups is 1. The van der Waals surface area contributed by atoms with Crippen LogP contribution in [0.3, 0.4) is 0 Å². The number of hydrogen-bond acceptors (Lipinski definition) is 5. The van der Waals surface area contributed by atoms with E-state index in [4.69, 9.17) is 21.7 Å². The summed E-state index contributed by atoms with van der Waals surface area (Å²) < 4.78 is 12.0. The van der Waals surface area contributed by atoms with Gasteiger partial charge in [0.2, 0.25) is 0 Å². The Hall–Kier alpha value is -2.17. The summed E-state index contributed by atoms with van der Waals surface area (Å²) >= 11 is 11.7. The Morgan fingerprint density at radius 2 is 1.72 bits per heavy atom. The Morgan fingerprint density at radius 1 is 1.03 bits per heavy atom. The number of aryl methyl sites for hydroxylation is 1. The maximum Gasteiger partial charge on any atom is 0.276 e. The molecule has 0 aromatic heterocycles. The topological polar surface area (TPSA) is 88.7 Å². The summed E-state index contributed by atoms with van der Waals surface area (Å²) in [6, 6.07) is 10.5. The van der Waals surface area contributed by atoms with Gasteiger partial charge in [0.15, 0.2) is 11.7 Å². The fourth-order valence-corrected chi connectivity index (χ4v) is 3.43. The lowest BCUT2D eigenvalue weighted by atomic mass is 10.2. The van der Waals surface area contributed by atoms with E-state index in [1.54, 1.807) is 24.3 Å². The van der Waals surface area contributed by atoms with Crippen molar-refractivity contribution in [3.63, 3.8) is 0 Å². The number of rotatable bonds is 6. The SMILES string of the molecule is CCc1ccc(OCC(=O)NNC(=S)NC(=O)c2ccc(OC)c(Br)c2)c(Br)c1. The molecular formula is C19H19Br2N3O4S. The van der Waals surface area contributed by atoms with Crippen LogP contribution in [0.4, 0.5) is 0 Å². The molecule has 2 aromatic rings. The molecule has 2 aromatic carbocycles. The van der Waals surface area contributed by atoms with E-state index in [0.717, 1.165) is 16.5 Å². The third kappa shape index (κ3) is 6.98. The van der Waals surface area contributed by atoms with E-state index in [-0.39, 0.29) is 11.7 Å². The molecule has 0 spiro atoms. The Morgan fingerprint density at radius 3 is 2.34 bits per heavy atom. The minimum absolute atomic E-state index is 0.0521. The van der Waals surface area contributed by atoms with Gasteiger partial charge >= 0.3 is 0 Å². The normalized spacial score (nSPS) is 10.1. The number of nitrogens with one attached hydrogen (secondary N) is 3. The van der Waals surface area contributed by atoms with Gasteiger partial charge in [0, 0.05) is 5.56 Å². The van der Waals surface area contributed by atoms with Crippen molar-refractivity contribution in [2.75, 3.05) is 13.7 Å². The first-order chi connectivity index (χ1) is 13.8. The van der Waals surface area contributed by atoms with Crippen LogP contribution in [0, 0.1) is 0 Å². The van der Waals surface area contributed by atoms with Crippen LogP contribution in [-0.4, -0.2) is 30.6 Å². The Balaban J connectivity index is 1.79. The van der Waals surface area contributed by atoms with Crippen molar-refractivity contribution in [3.05, 3.63) is 56.5 Å². The fraction of sp³-hybridized carbons (Fsp3) is 0.211. The summed E-state index contributed by atoms with van der Waals surface area (Å²) in [6.45, 7) is 1.83. The zero-order valence-electron chi connectivity index (χ0n) is 15.7. The number of methoxy groups -OCH3 is 1. The summed E-state index contributed by atoms with van der Waals surface area (Å²) in [5.41, 5.74) is 6.35. The Kier molecular flexibility index (Phi) is 8.87. The van der Waals surface area contributed by atoms with Gasteiger partial charge in [0.25, 0.3) is 11.8 Å². The highest BCUT2D eigenvalue weighted by molar-refractivity contribution is 9.10. The molecule has 0 aliphatic rings. The highest BCUT2D eigenvalue weighted by atomic mass is 79.9. The van der Waals surface area contributed by atoms with E-state index in [1.165, 1.54) is 7.11 Å². The van der Waals surface area contributed by atoms with Crippen molar-refractivity contribution in [1.29, 1.82) is 0 Å². The monoisotopic (exact) mass is 543 g/mol. The van der Waals surface area contributed by atoms with Crippen molar-refractivity contribution in [2.45, 2.75) is 13.3 Å². The van der Waals surface area contributed by atoms with Crippen molar-refractivity contribution < 1.29 is 19.1 Å². The lowest BCUT2D eigenvalue weighted by Crippen LogP contribution is -2.49. The second-order valence-electron chi connectivity index (χ2n) is 5.71. The molecule has 0 atom stereocenters. The maximum atomic E-state index is 12.2. The summed E-state index contributed by atoms with van der Waals surface area (Å²) in [5, 5.41) is 2.42. The average Bonchev–Trinajstić information content (AvgIpc) is 2.71. The Bertz CT molecular complexity index is 924. The molecule has 0 radical (unpaired) electrons. The van der Waals surface area contributed by atoms with Crippen LogP contribution in [0.25, 0.3) is 0 Å². The predicted octanol–water partition coefficient (Wildman–Crippen LogP) is 3.50. The van der Waals surface area contributed by atoms with Gasteiger partial charge in [-0.25, -0.2) is 0 Å². The van der Waals surface area contributed by atoms with Gasteiger partial charge < -0.3 is 9.47 Å². The quantitative estimate of drug-likeness (QED) is 0.381. The average molecular weight is 545 g/mol. The van der Waals surface area contributed by atoms with E-state index in [9.17, 15) is 9.59 Å². The molecule has 29 heavy (non-hydrogen) atoms. The van der Waals surface area contributed by atoms with E-state index in [1.807, 2.05) is 12.1 Å². The van der Waals surface area contributed by atoms with Gasteiger partial charge in [-0.05, 0) is 86.4 Å². The highest BCUT2D eigenvalue weighted by Crippen LogP contribution is 2.26. The van der Waals surface area contributed by atoms with E-state index >= 15 is 0 Å². The number of hydrogen-bond donors (Lipinski definition) is 3. The minimum Gasteiger partial charge on any atom is -0.496 e. The smallest absolute Gasteiger partial charge is 0.276 e. The zero-order chi connectivity index (χ0) is 21.4. The summed E-state index contributed by atoms with van der Waals surface area (Å²) in [7, 11) is 1.53. The van der Waals surface area contributed by atoms with Gasteiger partial charge in [-0.1, -0.05) is 13.0 Å². The van der Waals surface area contributed by atoms with E-state index in [0.29, 0.717) is 21.5 Å². The van der Waals surface area contributed by atoms with Crippen molar-refractivity contribution in [2.24, 2.45) is 0 Å². The van der Waals surface area contributed by atoms with Crippen LogP contribution in [0.5, 0.6) is 11.5 Å². The van der Waals surface area contributed by atoms with Crippen LogP contribution < -0.4 is 25.6 Å². The van der Waals surface area contributed by atoms with Gasteiger partial charge in [0.05, 0.1) is 16.1 Å². The molecule has 10 heteroatoms. The van der Waals surface area contributed by atoms with Gasteiger partial charge in [-0.2, -0.15) is 0 Å². The molecule has 0 heterocycles. The van der Waals surface area contributed by atoms with E-state index < -0.39 is 11.8 Å². The molecule has 7 nitrogen and oxygen atoms in total. The number of carbonyl (C=O) groups is 2. The van der Waals surface area contributed by atoms with Crippen LogP contribution in [-0.2, 0) is 11.2 Å². The molecule has 0 bridgehead atoms. The molecule has 0 fully saturated rings. The molecule has 0 saturated heterocycles. The fourth-order valence-electron chi connectivity index (χ4n) is 2.20. The number of carbonyl (C=O) groups excluding carboxylic acids is 2. The van der Waals surface area contributed by atoms with Gasteiger partial charge in [-0.3, -0.25) is 25.8 Å². The third-order valence-electron chi connectivity index (χ3n) is 3.72. The predicted molar refractivity (Wildman–Crippen MR) is 121 cm³/mol. The molecule has 3 N–H and O–H groups in total. The number of ether oxygens (including phenoxy) is 2. The first-order valence-corrected chi connectivity index (χ1v) is 10.5. The molecule has 0 aliphatic carbocycles. The van der Waals surface area contributed by atoms with Crippen molar-refractivity contribution in [1.82, 2.24) is 16.2 Å². The maximum absolute atomic E-state index is 12.2. The Labute approximate surface area is 190 Å². The van der Waals surface area contributed by atoms with Crippen LogP contribution in [0.15, 0.2) is 45.3 Å². The van der Waals surface area contributed by atoms with E-state index in [2.05, 4.69) is 55.0 Å². The molecule has 0 aliphatic heterocycles. The number of hydrazine groups is 1. The summed E-state index contributed by atoms with van der Waals surface area (Å²) in [4.78, 5) is 24.1. The molecule has 154 valence electrons. The molecule has 2 rings (SSSR count). The number of amides is 2. The summed E-state index contributed by atoms with van der Waals surface area (Å²) in [5.74, 6) is 0.264. The zero-order valence-corrected chi connectivity index (χ0v) is 19.7. The standard InChI is InChI=1S/C19H19Br2N3O4S/c1-3-11-4-6-16(13(20)8-11)28-10-17(25)23-24-19(29)22-18(26)12-5-7-15(27-2)14(21)9-12/h4-9H,3,10H2,1-2H3,(H,23,25)(H2,22,24,26,29). The van der Waals surface area contributed by atoms with Crippen LogP contribution in [0.2, 0.25) is 0 Å². The number of halogens is 2. The molecule has 0 unspecified atom stereocenters. The lowest BCUT2D eigenvalue weighted by Gasteiger charge is -2.12. The number of benzene rings is 2. The first kappa shape index (κ1) is 23.1. The minimum atomic E-state index is -0.458. The van der Waals surface area contributed by atoms with Gasteiger partial charge in [0.1, 0.15) is 11.5 Å². The van der Waals surface area contributed by atoms with Crippen LogP contribution in [0.1, 0.15) is 22.8 Å². The first-order valence-electron chi connectivity index (χ1n) is 8.49. The molecular weight excluding hydrogens is 526 g/mol. The molecule has 0 saturated carbocycles. The van der Waals surface area contributed by atoms with Crippen molar-refractivity contribution in [3.8, 4) is 11.5 Å². The van der Waals surface area contributed by atoms with Crippen LogP contribution >= 0.6 is 44.1 Å². The second-order valence-corrected chi connectivity index (χ2v) is 7.83. The highest BCUT2D eigenvalue weighted by Gasteiger charge is 2.11. The van der Waals surface area contributed by atoms with Gasteiger partial charge in [-0.15, -0.1) is 0 Å². The second kappa shape index (κ2) is 11.1. The third-order valence-corrected chi connectivity index (χ3v) is 5.16. The molecule has 2 amide bonds. The summed E-state index contributed by atoms with van der Waals surface area (Å²) in [6.07, 6.45) is 0.903.